The monoisotopic (exact) mass is 604 g/mol. The highest BCUT2D eigenvalue weighted by Crippen LogP contribution is 2.16. The van der Waals surface area contributed by atoms with E-state index in [9.17, 15) is 0 Å². The van der Waals surface area contributed by atoms with Crippen LogP contribution in [0.5, 0.6) is 0 Å². The predicted octanol–water partition coefficient (Wildman–Crippen LogP) is 12.7. The number of hydrogen-bond acceptors (Lipinski definition) is 0. The maximum Gasteiger partial charge on any atom is 0.0178 e. The molecule has 0 fully saturated rings. The summed E-state index contributed by atoms with van der Waals surface area (Å²) >= 11 is 2.42. The molecule has 0 N–H and O–H groups in total. The Bertz CT molecular complexity index is 804. The molecule has 0 radical (unpaired) electrons. The Morgan fingerprint density at radius 2 is 0.583 bits per heavy atom. The van der Waals surface area contributed by atoms with Crippen LogP contribution in [0.25, 0.3) is 0 Å². The summed E-state index contributed by atoms with van der Waals surface area (Å²) in [6, 6.07) is 0. The summed E-state index contributed by atoms with van der Waals surface area (Å²) in [7, 11) is 0. The van der Waals surface area contributed by atoms with Gasteiger partial charge in [0, 0.05) is 4.43 Å². The van der Waals surface area contributed by atoms with Crippen LogP contribution in [0.15, 0.2) is 81.5 Å². The fourth-order valence-electron chi connectivity index (χ4n) is 4.06. The van der Waals surface area contributed by atoms with Crippen LogP contribution < -0.4 is 0 Å². The van der Waals surface area contributed by atoms with Gasteiger partial charge in [0.15, 0.2) is 0 Å². The molecule has 0 unspecified atom stereocenters. The first-order chi connectivity index (χ1) is 17.1. The van der Waals surface area contributed by atoms with Gasteiger partial charge in [0.25, 0.3) is 0 Å². The number of rotatable bonds is 19. The second kappa shape index (κ2) is 23.1. The zero-order valence-corrected chi connectivity index (χ0v) is 27.3. The van der Waals surface area contributed by atoms with E-state index in [1.165, 1.54) is 116 Å². The summed E-state index contributed by atoms with van der Waals surface area (Å²) < 4.78 is 1.12. The van der Waals surface area contributed by atoms with Gasteiger partial charge in [-0.05, 0) is 132 Å². The smallest absolute Gasteiger partial charge is 0.0178 e. The van der Waals surface area contributed by atoms with E-state index in [1.807, 2.05) is 0 Å². The average molecular weight is 605 g/mol. The van der Waals surface area contributed by atoms with E-state index in [0.29, 0.717) is 0 Å². The predicted molar refractivity (Wildman–Crippen MR) is 176 cm³/mol. The molecule has 0 bridgehead atoms. The SMILES string of the molecule is CC(C)=CCCC(C)=CCCC(C)=CCC/C(C)=C/CC/C(C)=C/CC/C(C)=C/CC/C(C)=C/CI. The third kappa shape index (κ3) is 23.3. The molecule has 0 spiro atoms. The van der Waals surface area contributed by atoms with Crippen molar-refractivity contribution in [3.8, 4) is 0 Å². The maximum atomic E-state index is 2.45. The largest absolute Gasteiger partial charge is 0.0856 e. The quantitative estimate of drug-likeness (QED) is 0.0782. The molecule has 0 saturated heterocycles. The maximum absolute atomic E-state index is 2.45. The lowest BCUT2D eigenvalue weighted by molar-refractivity contribution is 0.883. The van der Waals surface area contributed by atoms with Crippen molar-refractivity contribution in [2.75, 3.05) is 4.43 Å². The summed E-state index contributed by atoms with van der Waals surface area (Å²) in [6.07, 6.45) is 31.1. The molecule has 0 aromatic heterocycles. The molecular weight excluding hydrogens is 547 g/mol. The van der Waals surface area contributed by atoms with Gasteiger partial charge >= 0.3 is 0 Å². The first kappa shape index (κ1) is 34.9. The Balaban J connectivity index is 4.14. The van der Waals surface area contributed by atoms with Crippen molar-refractivity contribution >= 4 is 22.6 Å². The van der Waals surface area contributed by atoms with E-state index in [1.54, 1.807) is 0 Å². The van der Waals surface area contributed by atoms with E-state index >= 15 is 0 Å². The molecule has 1 heteroatoms. The highest BCUT2D eigenvalue weighted by molar-refractivity contribution is 14.1. The van der Waals surface area contributed by atoms with Gasteiger partial charge in [-0.3, -0.25) is 0 Å². The topological polar surface area (TPSA) is 0 Å². The molecule has 0 rings (SSSR count). The number of halogens is 1. The highest BCUT2D eigenvalue weighted by atomic mass is 127. The first-order valence-electron chi connectivity index (χ1n) is 14.3. The lowest BCUT2D eigenvalue weighted by Gasteiger charge is -2.04. The van der Waals surface area contributed by atoms with Gasteiger partial charge in [0.2, 0.25) is 0 Å². The summed E-state index contributed by atoms with van der Waals surface area (Å²) in [5, 5.41) is 0. The first-order valence-corrected chi connectivity index (χ1v) is 15.8. The van der Waals surface area contributed by atoms with Gasteiger partial charge in [0.05, 0.1) is 0 Å². The highest BCUT2D eigenvalue weighted by Gasteiger charge is 1.96. The van der Waals surface area contributed by atoms with Crippen LogP contribution in [-0.4, -0.2) is 4.43 Å². The molecule has 0 saturated carbocycles. The van der Waals surface area contributed by atoms with Crippen molar-refractivity contribution in [2.24, 2.45) is 0 Å². The van der Waals surface area contributed by atoms with Gasteiger partial charge in [-0.2, -0.15) is 0 Å². The molecular formula is C35H57I. The van der Waals surface area contributed by atoms with Crippen molar-refractivity contribution in [1.29, 1.82) is 0 Å². The minimum atomic E-state index is 1.12. The zero-order chi connectivity index (χ0) is 27.2. The van der Waals surface area contributed by atoms with Crippen LogP contribution in [0.2, 0.25) is 0 Å². The summed E-state index contributed by atoms with van der Waals surface area (Å²) in [5.74, 6) is 0. The summed E-state index contributed by atoms with van der Waals surface area (Å²) in [4.78, 5) is 0. The third-order valence-electron chi connectivity index (χ3n) is 6.67. The Morgan fingerprint density at radius 1 is 0.361 bits per heavy atom. The molecule has 0 nitrogen and oxygen atoms in total. The molecule has 0 aromatic carbocycles. The number of hydrogen-bond donors (Lipinski definition) is 0. The molecule has 0 amide bonds. The van der Waals surface area contributed by atoms with Crippen molar-refractivity contribution in [3.05, 3.63) is 81.5 Å². The Hall–Kier alpha value is -1.09. The van der Waals surface area contributed by atoms with E-state index in [4.69, 9.17) is 0 Å². The van der Waals surface area contributed by atoms with Crippen LogP contribution in [0.4, 0.5) is 0 Å². The van der Waals surface area contributed by atoms with Gasteiger partial charge in [-0.25, -0.2) is 0 Å². The lowest BCUT2D eigenvalue weighted by Crippen LogP contribution is -1.83. The van der Waals surface area contributed by atoms with Crippen molar-refractivity contribution < 1.29 is 0 Å². The molecule has 0 aliphatic heterocycles. The normalized spacial score (nSPS) is 14.5. The molecule has 204 valence electrons. The van der Waals surface area contributed by atoms with E-state index < -0.39 is 0 Å². The number of alkyl halides is 1. The van der Waals surface area contributed by atoms with Gasteiger partial charge in [-0.15, -0.1) is 0 Å². The zero-order valence-electron chi connectivity index (χ0n) is 25.1. The Labute approximate surface area is 240 Å². The number of allylic oxidation sites excluding steroid dienone is 14. The minimum Gasteiger partial charge on any atom is -0.0856 e. The summed E-state index contributed by atoms with van der Waals surface area (Å²) in [6.45, 7) is 18.1. The van der Waals surface area contributed by atoms with Crippen LogP contribution in [0, 0.1) is 0 Å². The van der Waals surface area contributed by atoms with Crippen LogP contribution in [0.3, 0.4) is 0 Å². The average Bonchev–Trinajstić information content (AvgIpc) is 2.79. The molecule has 0 heterocycles. The molecule has 0 aliphatic rings. The van der Waals surface area contributed by atoms with Crippen molar-refractivity contribution in [3.63, 3.8) is 0 Å². The van der Waals surface area contributed by atoms with Gasteiger partial charge < -0.3 is 0 Å². The van der Waals surface area contributed by atoms with Crippen LogP contribution in [0.1, 0.15) is 132 Å². The van der Waals surface area contributed by atoms with Crippen LogP contribution >= 0.6 is 22.6 Å². The third-order valence-corrected chi connectivity index (χ3v) is 7.11. The van der Waals surface area contributed by atoms with Gasteiger partial charge in [0.1, 0.15) is 0 Å². The summed E-state index contributed by atoms with van der Waals surface area (Å²) in [5.41, 5.74) is 10.6. The van der Waals surface area contributed by atoms with E-state index in [0.717, 1.165) is 4.43 Å². The second-order valence-corrected chi connectivity index (χ2v) is 11.9. The molecule has 36 heavy (non-hydrogen) atoms. The van der Waals surface area contributed by atoms with Crippen molar-refractivity contribution in [2.45, 2.75) is 132 Å². The Kier molecular flexibility index (Phi) is 22.4. The molecule has 0 aromatic rings. The minimum absolute atomic E-state index is 1.12. The van der Waals surface area contributed by atoms with Crippen molar-refractivity contribution in [1.82, 2.24) is 0 Å². The fourth-order valence-corrected chi connectivity index (χ4v) is 4.82. The van der Waals surface area contributed by atoms with Crippen LogP contribution in [-0.2, 0) is 0 Å². The van der Waals surface area contributed by atoms with E-state index in [-0.39, 0.29) is 0 Å². The fraction of sp³-hybridized carbons (Fsp3) is 0.600. The van der Waals surface area contributed by atoms with E-state index in [2.05, 4.69) is 121 Å². The molecule has 0 atom stereocenters. The van der Waals surface area contributed by atoms with Gasteiger partial charge in [-0.1, -0.05) is 104 Å². The molecule has 0 aliphatic carbocycles. The standard InChI is InChI=1S/C35H57I/c1-29(2)15-9-16-30(3)17-10-18-31(4)19-11-20-32(5)21-12-22-33(6)23-13-24-34(7)25-14-26-35(8)27-28-36/h15,17,19,21,23,25,27H,9-14,16,18,20,22,24,26,28H2,1-8H3/b30-17?,31-19?,32-21+,33-23+,34-25+,35-27+. The second-order valence-electron chi connectivity index (χ2n) is 11.0. The Morgan fingerprint density at radius 3 is 0.806 bits per heavy atom. The lowest BCUT2D eigenvalue weighted by atomic mass is 10.0.